The van der Waals surface area contributed by atoms with Crippen LogP contribution in [0.2, 0.25) is 0 Å². The van der Waals surface area contributed by atoms with Crippen LogP contribution in [-0.4, -0.2) is 43.9 Å². The van der Waals surface area contributed by atoms with Gasteiger partial charge in [0.2, 0.25) is 11.8 Å². The van der Waals surface area contributed by atoms with Crippen molar-refractivity contribution in [3.63, 3.8) is 0 Å². The second-order valence-electron chi connectivity index (χ2n) is 9.08. The van der Waals surface area contributed by atoms with E-state index in [1.807, 2.05) is 66.7 Å². The van der Waals surface area contributed by atoms with E-state index in [2.05, 4.69) is 13.8 Å². The highest BCUT2D eigenvalue weighted by Crippen LogP contribution is 2.21. The van der Waals surface area contributed by atoms with Gasteiger partial charge < -0.3 is 14.2 Å². The number of carbonyl (C=O) groups is 1. The first-order chi connectivity index (χ1) is 17.5. The molecule has 36 heavy (non-hydrogen) atoms. The zero-order valence-electron chi connectivity index (χ0n) is 21.2. The van der Waals surface area contributed by atoms with Crippen LogP contribution in [0.1, 0.15) is 40.9 Å². The van der Waals surface area contributed by atoms with Crippen LogP contribution in [0.3, 0.4) is 0 Å². The van der Waals surface area contributed by atoms with Crippen LogP contribution in [-0.2, 0) is 22.5 Å². The zero-order valence-corrected chi connectivity index (χ0v) is 21.2. The van der Waals surface area contributed by atoms with Crippen molar-refractivity contribution < 1.29 is 19.0 Å². The van der Waals surface area contributed by atoms with E-state index in [9.17, 15) is 4.79 Å². The SMILES string of the molecule is COC1=N[C@@H](C(C)C)C(OC)=N[C@H]1Cc1ccc(C(=O)c2ccc(OCc3ccccc3)cc2)cc1. The standard InChI is InChI=1S/C30H32N2O4/c1-20(2)27-30(35-4)31-26(29(32-27)34-3)18-21-10-12-23(13-11-21)28(33)24-14-16-25(17-15-24)36-19-22-8-6-5-7-9-22/h5-17,20,26-27H,18-19H2,1-4H3/t26-,27-/m0/s1. The van der Waals surface area contributed by atoms with Gasteiger partial charge in [0, 0.05) is 17.5 Å². The second-order valence-corrected chi connectivity index (χ2v) is 9.08. The molecule has 1 aliphatic rings. The molecule has 0 saturated heterocycles. The summed E-state index contributed by atoms with van der Waals surface area (Å²) in [6.45, 7) is 4.65. The highest BCUT2D eigenvalue weighted by Gasteiger charge is 2.31. The van der Waals surface area contributed by atoms with Crippen LogP contribution < -0.4 is 4.74 Å². The second kappa shape index (κ2) is 11.7. The Morgan fingerprint density at radius 2 is 1.39 bits per heavy atom. The van der Waals surface area contributed by atoms with E-state index < -0.39 is 0 Å². The van der Waals surface area contributed by atoms with Crippen molar-refractivity contribution in [1.82, 2.24) is 0 Å². The van der Waals surface area contributed by atoms with Gasteiger partial charge in [0.15, 0.2) is 5.78 Å². The molecule has 1 heterocycles. The molecule has 2 atom stereocenters. The Balaban J connectivity index is 1.40. The van der Waals surface area contributed by atoms with Crippen molar-refractivity contribution in [1.29, 1.82) is 0 Å². The summed E-state index contributed by atoms with van der Waals surface area (Å²) in [6.07, 6.45) is 0.603. The molecule has 6 heteroatoms. The maximum atomic E-state index is 13.0. The fourth-order valence-electron chi connectivity index (χ4n) is 4.12. The molecule has 0 saturated carbocycles. The number of ether oxygens (including phenoxy) is 3. The zero-order chi connectivity index (χ0) is 25.5. The van der Waals surface area contributed by atoms with Gasteiger partial charge in [0.05, 0.1) is 14.2 Å². The molecule has 3 aromatic rings. The third-order valence-corrected chi connectivity index (χ3v) is 6.15. The van der Waals surface area contributed by atoms with Crippen LogP contribution in [0.5, 0.6) is 5.75 Å². The normalized spacial score (nSPS) is 17.2. The predicted molar refractivity (Wildman–Crippen MR) is 142 cm³/mol. The Hall–Kier alpha value is -3.93. The number of aliphatic imine (C=N–C) groups is 2. The van der Waals surface area contributed by atoms with E-state index in [1.165, 1.54) is 0 Å². The fourth-order valence-corrected chi connectivity index (χ4v) is 4.12. The summed E-state index contributed by atoms with van der Waals surface area (Å²) in [5.41, 5.74) is 3.37. The summed E-state index contributed by atoms with van der Waals surface area (Å²) >= 11 is 0. The summed E-state index contributed by atoms with van der Waals surface area (Å²) in [5, 5.41) is 0. The molecule has 0 amide bonds. The van der Waals surface area contributed by atoms with Crippen molar-refractivity contribution in [2.24, 2.45) is 15.9 Å². The molecule has 0 unspecified atom stereocenters. The Morgan fingerprint density at radius 1 is 0.778 bits per heavy atom. The molecule has 0 aromatic heterocycles. The molecule has 0 bridgehead atoms. The summed E-state index contributed by atoms with van der Waals surface area (Å²) in [6, 6.07) is 24.4. The van der Waals surface area contributed by atoms with E-state index in [4.69, 9.17) is 24.2 Å². The van der Waals surface area contributed by atoms with Crippen LogP contribution in [0, 0.1) is 5.92 Å². The van der Waals surface area contributed by atoms with Crippen molar-refractivity contribution in [2.75, 3.05) is 14.2 Å². The van der Waals surface area contributed by atoms with Crippen molar-refractivity contribution in [3.8, 4) is 5.75 Å². The number of benzene rings is 3. The van der Waals surface area contributed by atoms with E-state index in [0.717, 1.165) is 16.9 Å². The quantitative estimate of drug-likeness (QED) is 0.394. The molecule has 0 N–H and O–H groups in total. The lowest BCUT2D eigenvalue weighted by molar-refractivity contribution is 0.103. The Bertz CT molecular complexity index is 1220. The van der Waals surface area contributed by atoms with Gasteiger partial charge in [-0.2, -0.15) is 0 Å². The lowest BCUT2D eigenvalue weighted by Gasteiger charge is -2.27. The van der Waals surface area contributed by atoms with Gasteiger partial charge in [-0.05, 0) is 41.3 Å². The molecular formula is C30H32N2O4. The number of ketones is 1. The summed E-state index contributed by atoms with van der Waals surface area (Å²) in [4.78, 5) is 22.5. The van der Waals surface area contributed by atoms with E-state index in [0.29, 0.717) is 36.0 Å². The van der Waals surface area contributed by atoms with Crippen molar-refractivity contribution in [3.05, 3.63) is 101 Å². The van der Waals surface area contributed by atoms with Crippen LogP contribution in [0.4, 0.5) is 0 Å². The molecule has 1 aliphatic heterocycles. The van der Waals surface area contributed by atoms with Crippen LogP contribution in [0.15, 0.2) is 88.8 Å². The van der Waals surface area contributed by atoms with Gasteiger partial charge in [-0.15, -0.1) is 0 Å². The first-order valence-corrected chi connectivity index (χ1v) is 12.1. The van der Waals surface area contributed by atoms with E-state index >= 15 is 0 Å². The maximum Gasteiger partial charge on any atom is 0.209 e. The number of methoxy groups -OCH3 is 2. The minimum atomic E-state index is -0.259. The summed E-state index contributed by atoms with van der Waals surface area (Å²) in [5.74, 6) is 2.17. The van der Waals surface area contributed by atoms with E-state index in [1.54, 1.807) is 26.4 Å². The number of nitrogens with zero attached hydrogens (tertiary/aromatic N) is 2. The van der Waals surface area contributed by atoms with Gasteiger partial charge in [-0.3, -0.25) is 4.79 Å². The Morgan fingerprint density at radius 3 is 1.97 bits per heavy atom. The lowest BCUT2D eigenvalue weighted by atomic mass is 9.98. The van der Waals surface area contributed by atoms with Crippen molar-refractivity contribution in [2.45, 2.75) is 39.0 Å². The molecule has 0 aliphatic carbocycles. The number of hydrogen-bond acceptors (Lipinski definition) is 6. The highest BCUT2D eigenvalue weighted by atomic mass is 16.5. The topological polar surface area (TPSA) is 69.5 Å². The fraction of sp³-hybridized carbons (Fsp3) is 0.300. The van der Waals surface area contributed by atoms with Crippen LogP contribution >= 0.6 is 0 Å². The third kappa shape index (κ3) is 6.00. The third-order valence-electron chi connectivity index (χ3n) is 6.15. The first-order valence-electron chi connectivity index (χ1n) is 12.1. The Labute approximate surface area is 212 Å². The molecule has 0 spiro atoms. The molecule has 4 rings (SSSR count). The maximum absolute atomic E-state index is 13.0. The average Bonchev–Trinajstić information content (AvgIpc) is 2.92. The van der Waals surface area contributed by atoms with Gasteiger partial charge >= 0.3 is 0 Å². The van der Waals surface area contributed by atoms with Gasteiger partial charge in [0.1, 0.15) is 24.4 Å². The largest absolute Gasteiger partial charge is 0.489 e. The summed E-state index contributed by atoms with van der Waals surface area (Å²) in [7, 11) is 3.25. The van der Waals surface area contributed by atoms with Gasteiger partial charge in [0.25, 0.3) is 0 Å². The number of rotatable bonds is 8. The Kier molecular flexibility index (Phi) is 8.16. The molecular weight excluding hydrogens is 452 g/mol. The van der Waals surface area contributed by atoms with Crippen molar-refractivity contribution >= 4 is 17.6 Å². The predicted octanol–water partition coefficient (Wildman–Crippen LogP) is 5.54. The minimum Gasteiger partial charge on any atom is -0.489 e. The number of carbonyl (C=O) groups excluding carboxylic acids is 1. The molecule has 6 nitrogen and oxygen atoms in total. The molecule has 3 aromatic carbocycles. The van der Waals surface area contributed by atoms with Gasteiger partial charge in [-0.25, -0.2) is 9.98 Å². The van der Waals surface area contributed by atoms with Crippen LogP contribution in [0.25, 0.3) is 0 Å². The van der Waals surface area contributed by atoms with Gasteiger partial charge in [-0.1, -0.05) is 68.4 Å². The molecule has 0 fully saturated rings. The number of hydrogen-bond donors (Lipinski definition) is 0. The minimum absolute atomic E-state index is 0.0348. The lowest BCUT2D eigenvalue weighted by Crippen LogP contribution is -2.38. The molecule has 186 valence electrons. The highest BCUT2D eigenvalue weighted by molar-refractivity contribution is 6.09. The average molecular weight is 485 g/mol. The molecule has 0 radical (unpaired) electrons. The smallest absolute Gasteiger partial charge is 0.209 e. The van der Waals surface area contributed by atoms with E-state index in [-0.39, 0.29) is 23.8 Å². The first kappa shape index (κ1) is 25.2. The summed E-state index contributed by atoms with van der Waals surface area (Å²) < 4.78 is 16.9. The monoisotopic (exact) mass is 484 g/mol.